The van der Waals surface area contributed by atoms with Crippen LogP contribution in [0.3, 0.4) is 0 Å². The predicted molar refractivity (Wildman–Crippen MR) is 123 cm³/mol. The van der Waals surface area contributed by atoms with Gasteiger partial charge in [-0.2, -0.15) is 0 Å². The molecule has 0 spiro atoms. The van der Waals surface area contributed by atoms with Gasteiger partial charge in [0, 0.05) is 12.5 Å². The molecule has 6 nitrogen and oxygen atoms in total. The van der Waals surface area contributed by atoms with Crippen LogP contribution < -0.4 is 15.4 Å². The van der Waals surface area contributed by atoms with Gasteiger partial charge in [-0.25, -0.2) is 4.39 Å². The quantitative estimate of drug-likeness (QED) is 0.624. The summed E-state index contributed by atoms with van der Waals surface area (Å²) in [6, 6.07) is 13.7. The van der Waals surface area contributed by atoms with E-state index in [-0.39, 0.29) is 29.6 Å². The molecule has 0 bridgehead atoms. The summed E-state index contributed by atoms with van der Waals surface area (Å²) < 4.78 is 19.3. The summed E-state index contributed by atoms with van der Waals surface area (Å²) >= 11 is 0. The zero-order chi connectivity index (χ0) is 22.9. The van der Waals surface area contributed by atoms with Crippen LogP contribution in [-0.2, 0) is 16.0 Å². The topological polar surface area (TPSA) is 70.7 Å². The molecule has 1 aliphatic heterocycles. The summed E-state index contributed by atoms with van der Waals surface area (Å²) in [5, 5.41) is 5.89. The Bertz CT molecular complexity index is 913. The Kier molecular flexibility index (Phi) is 8.62. The van der Waals surface area contributed by atoms with Crippen LogP contribution in [-0.4, -0.2) is 49.0 Å². The van der Waals surface area contributed by atoms with E-state index in [4.69, 9.17) is 4.74 Å². The van der Waals surface area contributed by atoms with Gasteiger partial charge in [-0.05, 0) is 70.0 Å². The van der Waals surface area contributed by atoms with Gasteiger partial charge in [0.2, 0.25) is 11.8 Å². The third kappa shape index (κ3) is 6.29. The molecule has 7 heteroatoms. The van der Waals surface area contributed by atoms with Gasteiger partial charge in [0.05, 0.1) is 18.3 Å². The monoisotopic (exact) mass is 441 g/mol. The third-order valence-corrected chi connectivity index (χ3v) is 5.92. The molecule has 1 heterocycles. The minimum absolute atomic E-state index is 0.00346. The van der Waals surface area contributed by atoms with E-state index in [1.807, 2.05) is 38.1 Å². The Morgan fingerprint density at radius 3 is 2.53 bits per heavy atom. The lowest BCUT2D eigenvalue weighted by atomic mass is 9.94. The number of para-hydroxylation sites is 2. The molecule has 1 fully saturated rings. The van der Waals surface area contributed by atoms with Crippen molar-refractivity contribution in [3.05, 3.63) is 59.9 Å². The zero-order valence-electron chi connectivity index (χ0n) is 18.8. The minimum Gasteiger partial charge on any atom is -0.492 e. The number of rotatable bonds is 9. The highest BCUT2D eigenvalue weighted by atomic mass is 19.1. The molecule has 1 atom stereocenters. The average molecular weight is 442 g/mol. The fraction of sp³-hybridized carbons (Fsp3) is 0.440. The number of hydrogen-bond acceptors (Lipinski definition) is 4. The summed E-state index contributed by atoms with van der Waals surface area (Å²) in [7, 11) is 0. The molecule has 2 amide bonds. The summed E-state index contributed by atoms with van der Waals surface area (Å²) in [6.45, 7) is 6.07. The SMILES string of the molecule is CCOc1ccccc1NC(=O)C(C)N1CCC(C(=O)NCCc2ccccc2F)CC1. The number of ether oxygens (including phenoxy) is 1. The minimum atomic E-state index is -0.310. The van der Waals surface area contributed by atoms with Crippen LogP contribution in [0.15, 0.2) is 48.5 Å². The molecule has 1 saturated heterocycles. The van der Waals surface area contributed by atoms with E-state index < -0.39 is 0 Å². The fourth-order valence-corrected chi connectivity index (χ4v) is 3.97. The number of piperidine rings is 1. The standard InChI is InChI=1S/C25H32FN3O3/c1-3-32-23-11-7-6-10-22(23)28-24(30)18(2)29-16-13-20(14-17-29)25(31)27-15-12-19-8-4-5-9-21(19)26/h4-11,18,20H,3,12-17H2,1-2H3,(H,27,31)(H,28,30). The highest BCUT2D eigenvalue weighted by Crippen LogP contribution is 2.25. The maximum atomic E-state index is 13.7. The maximum absolute atomic E-state index is 13.7. The third-order valence-electron chi connectivity index (χ3n) is 5.92. The summed E-state index contributed by atoms with van der Waals surface area (Å²) in [5.41, 5.74) is 1.27. The van der Waals surface area contributed by atoms with Gasteiger partial charge in [-0.1, -0.05) is 30.3 Å². The van der Waals surface area contributed by atoms with Crippen LogP contribution in [0.2, 0.25) is 0 Å². The maximum Gasteiger partial charge on any atom is 0.241 e. The Balaban J connectivity index is 1.44. The molecule has 1 aliphatic rings. The van der Waals surface area contributed by atoms with Crippen molar-refractivity contribution < 1.29 is 18.7 Å². The second-order valence-corrected chi connectivity index (χ2v) is 8.04. The molecular formula is C25H32FN3O3. The lowest BCUT2D eigenvalue weighted by Crippen LogP contribution is -2.48. The average Bonchev–Trinajstić information content (AvgIpc) is 2.81. The van der Waals surface area contributed by atoms with Crippen LogP contribution in [0.4, 0.5) is 10.1 Å². The smallest absolute Gasteiger partial charge is 0.241 e. The van der Waals surface area contributed by atoms with E-state index in [0.29, 0.717) is 62.5 Å². The van der Waals surface area contributed by atoms with Crippen LogP contribution in [0, 0.1) is 11.7 Å². The van der Waals surface area contributed by atoms with Gasteiger partial charge in [0.25, 0.3) is 0 Å². The molecular weight excluding hydrogens is 409 g/mol. The van der Waals surface area contributed by atoms with E-state index in [9.17, 15) is 14.0 Å². The number of likely N-dealkylation sites (tertiary alicyclic amines) is 1. The van der Waals surface area contributed by atoms with E-state index in [1.165, 1.54) is 6.07 Å². The van der Waals surface area contributed by atoms with Crippen LogP contribution >= 0.6 is 0 Å². The van der Waals surface area contributed by atoms with Crippen LogP contribution in [0.25, 0.3) is 0 Å². The van der Waals surface area contributed by atoms with Crippen molar-refractivity contribution in [2.24, 2.45) is 5.92 Å². The number of amides is 2. The predicted octanol–water partition coefficient (Wildman–Crippen LogP) is 3.62. The molecule has 2 N–H and O–H groups in total. The Labute approximate surface area is 189 Å². The zero-order valence-corrected chi connectivity index (χ0v) is 18.8. The van der Waals surface area contributed by atoms with E-state index in [2.05, 4.69) is 15.5 Å². The summed E-state index contributed by atoms with van der Waals surface area (Å²) in [6.07, 6.45) is 1.86. The van der Waals surface area contributed by atoms with Gasteiger partial charge in [-0.15, -0.1) is 0 Å². The van der Waals surface area contributed by atoms with Crippen molar-refractivity contribution in [2.45, 2.75) is 39.2 Å². The first-order valence-corrected chi connectivity index (χ1v) is 11.3. The van der Waals surface area contributed by atoms with Gasteiger partial charge in [0.1, 0.15) is 11.6 Å². The van der Waals surface area contributed by atoms with Crippen LogP contribution in [0.1, 0.15) is 32.3 Å². The second kappa shape index (κ2) is 11.6. The number of nitrogens with one attached hydrogen (secondary N) is 2. The second-order valence-electron chi connectivity index (χ2n) is 8.04. The van der Waals surface area contributed by atoms with Crippen molar-refractivity contribution in [1.29, 1.82) is 0 Å². The van der Waals surface area contributed by atoms with Crippen molar-refractivity contribution in [3.8, 4) is 5.75 Å². The lowest BCUT2D eigenvalue weighted by molar-refractivity contribution is -0.127. The highest BCUT2D eigenvalue weighted by molar-refractivity contribution is 5.95. The van der Waals surface area contributed by atoms with Crippen molar-refractivity contribution >= 4 is 17.5 Å². The van der Waals surface area contributed by atoms with Gasteiger partial charge >= 0.3 is 0 Å². The molecule has 0 radical (unpaired) electrons. The van der Waals surface area contributed by atoms with Crippen molar-refractivity contribution in [3.63, 3.8) is 0 Å². The number of benzene rings is 2. The van der Waals surface area contributed by atoms with E-state index >= 15 is 0 Å². The Morgan fingerprint density at radius 2 is 1.81 bits per heavy atom. The van der Waals surface area contributed by atoms with Crippen molar-refractivity contribution in [2.75, 3.05) is 31.6 Å². The highest BCUT2D eigenvalue weighted by Gasteiger charge is 2.30. The number of halogens is 1. The number of anilines is 1. The molecule has 0 aliphatic carbocycles. The van der Waals surface area contributed by atoms with E-state index in [0.717, 1.165) is 0 Å². The number of carbonyl (C=O) groups excluding carboxylic acids is 2. The molecule has 0 saturated carbocycles. The summed E-state index contributed by atoms with van der Waals surface area (Å²) in [5.74, 6) is 0.238. The molecule has 32 heavy (non-hydrogen) atoms. The normalized spacial score (nSPS) is 15.7. The molecule has 1 unspecified atom stereocenters. The van der Waals surface area contributed by atoms with Crippen LogP contribution in [0.5, 0.6) is 5.75 Å². The first-order chi connectivity index (χ1) is 15.5. The number of carbonyl (C=O) groups is 2. The Hall–Kier alpha value is -2.93. The van der Waals surface area contributed by atoms with Gasteiger partial charge < -0.3 is 15.4 Å². The molecule has 2 aromatic carbocycles. The number of nitrogens with zero attached hydrogens (tertiary/aromatic N) is 1. The molecule has 2 aromatic rings. The van der Waals surface area contributed by atoms with Gasteiger partial charge in [0.15, 0.2) is 0 Å². The number of hydrogen-bond donors (Lipinski definition) is 2. The molecule has 0 aromatic heterocycles. The fourth-order valence-electron chi connectivity index (χ4n) is 3.97. The Morgan fingerprint density at radius 1 is 1.12 bits per heavy atom. The molecule has 172 valence electrons. The van der Waals surface area contributed by atoms with Crippen molar-refractivity contribution in [1.82, 2.24) is 10.2 Å². The van der Waals surface area contributed by atoms with Gasteiger partial charge in [-0.3, -0.25) is 14.5 Å². The summed E-state index contributed by atoms with van der Waals surface area (Å²) in [4.78, 5) is 27.4. The molecule has 3 rings (SSSR count). The largest absolute Gasteiger partial charge is 0.492 e. The van der Waals surface area contributed by atoms with E-state index in [1.54, 1.807) is 18.2 Å². The first kappa shape index (κ1) is 23.7. The first-order valence-electron chi connectivity index (χ1n) is 11.3. The lowest BCUT2D eigenvalue weighted by Gasteiger charge is -2.34.